The Bertz CT molecular complexity index is 1330. The highest BCUT2D eigenvalue weighted by molar-refractivity contribution is 6.30. The smallest absolute Gasteiger partial charge is 0.227 e. The van der Waals surface area contributed by atoms with Gasteiger partial charge in [-0.05, 0) is 55.8 Å². The predicted octanol–water partition coefficient (Wildman–Crippen LogP) is 5.91. The molecule has 0 spiro atoms. The summed E-state index contributed by atoms with van der Waals surface area (Å²) in [6.07, 6.45) is 0.424. The third-order valence-electron chi connectivity index (χ3n) is 6.20. The molecular weight excluding hydrogens is 434 g/mol. The van der Waals surface area contributed by atoms with Gasteiger partial charge in [0.2, 0.25) is 5.91 Å². The summed E-state index contributed by atoms with van der Waals surface area (Å²) >= 11 is 6.16. The number of benzene rings is 3. The minimum Gasteiger partial charge on any atom is -0.491 e. The van der Waals surface area contributed by atoms with Crippen LogP contribution in [0.2, 0.25) is 5.02 Å². The first-order chi connectivity index (χ1) is 16.0. The lowest BCUT2D eigenvalue weighted by molar-refractivity contribution is -0.117. The van der Waals surface area contributed by atoms with Gasteiger partial charge >= 0.3 is 0 Å². The van der Waals surface area contributed by atoms with Gasteiger partial charge in [0.1, 0.15) is 18.2 Å². The van der Waals surface area contributed by atoms with Gasteiger partial charge in [-0.15, -0.1) is 0 Å². The molecule has 1 atom stereocenters. The highest BCUT2D eigenvalue weighted by Crippen LogP contribution is 2.34. The van der Waals surface area contributed by atoms with E-state index in [4.69, 9.17) is 21.3 Å². The molecule has 1 unspecified atom stereocenters. The number of ether oxygens (including phenoxy) is 1. The molecule has 6 heteroatoms. The van der Waals surface area contributed by atoms with Crippen molar-refractivity contribution in [3.63, 3.8) is 0 Å². The minimum absolute atomic E-state index is 0.00462. The molecule has 1 aliphatic heterocycles. The summed E-state index contributed by atoms with van der Waals surface area (Å²) in [7, 11) is 0. The first-order valence-electron chi connectivity index (χ1n) is 11.2. The zero-order valence-electron chi connectivity index (χ0n) is 18.8. The first-order valence-corrected chi connectivity index (χ1v) is 11.6. The van der Waals surface area contributed by atoms with E-state index in [1.165, 1.54) is 5.56 Å². The number of amides is 1. The minimum atomic E-state index is 0.00462. The fraction of sp³-hybridized carbons (Fsp3) is 0.259. The highest BCUT2D eigenvalue weighted by Gasteiger charge is 2.34. The average molecular weight is 460 g/mol. The van der Waals surface area contributed by atoms with Gasteiger partial charge in [0.15, 0.2) is 0 Å². The number of anilines is 1. The molecule has 168 valence electrons. The zero-order valence-corrected chi connectivity index (χ0v) is 19.5. The molecule has 0 radical (unpaired) electrons. The van der Waals surface area contributed by atoms with E-state index in [1.54, 1.807) is 0 Å². The van der Waals surface area contributed by atoms with E-state index in [9.17, 15) is 4.79 Å². The fourth-order valence-corrected chi connectivity index (χ4v) is 4.81. The van der Waals surface area contributed by atoms with Crippen molar-refractivity contribution in [2.75, 3.05) is 18.1 Å². The zero-order chi connectivity index (χ0) is 22.9. The Morgan fingerprint density at radius 3 is 2.73 bits per heavy atom. The van der Waals surface area contributed by atoms with E-state index in [2.05, 4.69) is 36.6 Å². The number of fused-ring (bicyclic) bond motifs is 1. The molecule has 1 aromatic heterocycles. The number of imidazole rings is 1. The average Bonchev–Trinajstić information content (AvgIpc) is 3.36. The molecule has 33 heavy (non-hydrogen) atoms. The van der Waals surface area contributed by atoms with Crippen molar-refractivity contribution in [1.29, 1.82) is 0 Å². The third-order valence-corrected chi connectivity index (χ3v) is 6.43. The Morgan fingerprint density at radius 2 is 1.91 bits per heavy atom. The maximum atomic E-state index is 12.9. The number of aromatic nitrogens is 2. The number of para-hydroxylation sites is 2. The summed E-state index contributed by atoms with van der Waals surface area (Å²) in [6.45, 7) is 5.91. The summed E-state index contributed by atoms with van der Waals surface area (Å²) in [5.74, 6) is 1.92. The molecule has 1 fully saturated rings. The number of halogens is 1. The molecule has 0 N–H and O–H groups in total. The number of hydrogen-bond acceptors (Lipinski definition) is 3. The van der Waals surface area contributed by atoms with Gasteiger partial charge in [0.25, 0.3) is 0 Å². The van der Waals surface area contributed by atoms with Crippen LogP contribution in [0.4, 0.5) is 5.69 Å². The lowest BCUT2D eigenvalue weighted by atomic mass is 10.1. The highest BCUT2D eigenvalue weighted by atomic mass is 35.5. The van der Waals surface area contributed by atoms with Gasteiger partial charge in [0, 0.05) is 29.6 Å². The van der Waals surface area contributed by atoms with E-state index in [-0.39, 0.29) is 11.8 Å². The topological polar surface area (TPSA) is 47.4 Å². The molecule has 1 saturated heterocycles. The number of hydrogen-bond donors (Lipinski definition) is 0. The van der Waals surface area contributed by atoms with E-state index in [0.29, 0.717) is 31.1 Å². The SMILES string of the molecule is Cc1ccc(OCCn2c(C3CC(=O)N(c4cccc(Cl)c4)C3)nc3ccccc32)c(C)c1. The normalized spacial score (nSPS) is 16.0. The van der Waals surface area contributed by atoms with Crippen LogP contribution in [0, 0.1) is 13.8 Å². The van der Waals surface area contributed by atoms with Crippen molar-refractivity contribution in [3.8, 4) is 5.75 Å². The van der Waals surface area contributed by atoms with Crippen LogP contribution in [-0.2, 0) is 11.3 Å². The Morgan fingerprint density at radius 1 is 1.06 bits per heavy atom. The van der Waals surface area contributed by atoms with E-state index >= 15 is 0 Å². The van der Waals surface area contributed by atoms with Crippen molar-refractivity contribution < 1.29 is 9.53 Å². The molecule has 5 rings (SSSR count). The molecule has 0 aliphatic carbocycles. The summed E-state index contributed by atoms with van der Waals surface area (Å²) < 4.78 is 8.32. The number of carbonyl (C=O) groups excluding carboxylic acids is 1. The van der Waals surface area contributed by atoms with Crippen LogP contribution >= 0.6 is 11.6 Å². The maximum Gasteiger partial charge on any atom is 0.227 e. The fourth-order valence-electron chi connectivity index (χ4n) is 4.62. The van der Waals surface area contributed by atoms with Crippen molar-refractivity contribution >= 4 is 34.2 Å². The van der Waals surface area contributed by atoms with E-state index < -0.39 is 0 Å². The largest absolute Gasteiger partial charge is 0.491 e. The first kappa shape index (κ1) is 21.5. The third kappa shape index (κ3) is 4.33. The summed E-state index contributed by atoms with van der Waals surface area (Å²) in [6, 6.07) is 21.8. The Hall–Kier alpha value is -3.31. The quantitative estimate of drug-likeness (QED) is 0.360. The predicted molar refractivity (Wildman–Crippen MR) is 132 cm³/mol. The second-order valence-electron chi connectivity index (χ2n) is 8.61. The molecule has 1 amide bonds. The van der Waals surface area contributed by atoms with Crippen LogP contribution < -0.4 is 9.64 Å². The second-order valence-corrected chi connectivity index (χ2v) is 9.05. The monoisotopic (exact) mass is 459 g/mol. The van der Waals surface area contributed by atoms with Crippen LogP contribution in [0.1, 0.15) is 29.3 Å². The van der Waals surface area contributed by atoms with Crippen LogP contribution in [0.15, 0.2) is 66.7 Å². The van der Waals surface area contributed by atoms with Crippen LogP contribution in [0.5, 0.6) is 5.75 Å². The molecule has 2 heterocycles. The summed E-state index contributed by atoms with van der Waals surface area (Å²) in [5.41, 5.74) is 5.18. The van der Waals surface area contributed by atoms with Crippen molar-refractivity contribution in [3.05, 3.63) is 88.7 Å². The number of nitrogens with zero attached hydrogens (tertiary/aromatic N) is 3. The van der Waals surface area contributed by atoms with Gasteiger partial charge in [-0.1, -0.05) is 47.5 Å². The van der Waals surface area contributed by atoms with Crippen molar-refractivity contribution in [1.82, 2.24) is 9.55 Å². The van der Waals surface area contributed by atoms with Crippen molar-refractivity contribution in [2.24, 2.45) is 0 Å². The van der Waals surface area contributed by atoms with Crippen LogP contribution in [-0.4, -0.2) is 28.6 Å². The summed E-state index contributed by atoms with van der Waals surface area (Å²) in [5, 5.41) is 0.625. The molecular formula is C27H26ClN3O2. The lowest BCUT2D eigenvalue weighted by Gasteiger charge is -2.18. The molecule has 1 aliphatic rings. The molecule has 0 bridgehead atoms. The number of carbonyl (C=O) groups is 1. The molecule has 3 aromatic carbocycles. The molecule has 0 saturated carbocycles. The Labute approximate surface area is 198 Å². The van der Waals surface area contributed by atoms with Gasteiger partial charge in [0.05, 0.1) is 17.6 Å². The van der Waals surface area contributed by atoms with Gasteiger partial charge in [-0.3, -0.25) is 4.79 Å². The standard InChI is InChI=1S/C27H26ClN3O2/c1-18-10-11-25(19(2)14-18)33-13-12-30-24-9-4-3-8-23(24)29-27(30)20-15-26(32)31(17-20)22-7-5-6-21(28)16-22/h3-11,14,16,20H,12-13,15,17H2,1-2H3. The van der Waals surface area contributed by atoms with Gasteiger partial charge in [-0.25, -0.2) is 4.98 Å². The second kappa shape index (κ2) is 8.91. The lowest BCUT2D eigenvalue weighted by Crippen LogP contribution is -2.24. The Balaban J connectivity index is 1.40. The van der Waals surface area contributed by atoms with Crippen LogP contribution in [0.25, 0.3) is 11.0 Å². The molecule has 4 aromatic rings. The molecule has 5 nitrogen and oxygen atoms in total. The maximum absolute atomic E-state index is 12.9. The van der Waals surface area contributed by atoms with Gasteiger partial charge in [-0.2, -0.15) is 0 Å². The summed E-state index contributed by atoms with van der Waals surface area (Å²) in [4.78, 5) is 19.6. The Kier molecular flexibility index (Phi) is 5.81. The van der Waals surface area contributed by atoms with Crippen molar-refractivity contribution in [2.45, 2.75) is 32.7 Å². The number of rotatable bonds is 6. The number of aryl methyl sites for hydroxylation is 2. The van der Waals surface area contributed by atoms with Crippen LogP contribution in [0.3, 0.4) is 0 Å². The van der Waals surface area contributed by atoms with E-state index in [0.717, 1.165) is 33.9 Å². The van der Waals surface area contributed by atoms with Gasteiger partial charge < -0.3 is 14.2 Å². The van der Waals surface area contributed by atoms with E-state index in [1.807, 2.05) is 53.4 Å².